The van der Waals surface area contributed by atoms with Gasteiger partial charge in [0, 0.05) is 18.1 Å². The number of thiazole rings is 1. The Hall–Kier alpha value is -0.880. The van der Waals surface area contributed by atoms with Gasteiger partial charge in [-0.25, -0.2) is 0 Å². The van der Waals surface area contributed by atoms with Crippen molar-refractivity contribution in [1.29, 1.82) is 0 Å². The lowest BCUT2D eigenvalue weighted by Crippen LogP contribution is -2.17. The largest absolute Gasteiger partial charge is 0.307 e. The highest BCUT2D eigenvalue weighted by Crippen LogP contribution is 2.22. The van der Waals surface area contributed by atoms with Crippen molar-refractivity contribution >= 4 is 27.3 Å². The SMILES string of the molecule is CCc1nn(C)c(Cn2c(C)csc2=O)c1Br. The van der Waals surface area contributed by atoms with E-state index in [9.17, 15) is 4.79 Å². The van der Waals surface area contributed by atoms with Crippen LogP contribution in [0.5, 0.6) is 0 Å². The van der Waals surface area contributed by atoms with E-state index in [4.69, 9.17) is 0 Å². The standard InChI is InChI=1S/C11H14BrN3OS/c1-4-8-10(12)9(14(3)13-8)5-15-7(2)6-17-11(15)16/h6H,4-5H2,1-3H3. The Bertz CT molecular complexity index is 596. The molecule has 2 rings (SSSR count). The van der Waals surface area contributed by atoms with Crippen LogP contribution in [0.1, 0.15) is 24.0 Å². The van der Waals surface area contributed by atoms with Gasteiger partial charge >= 0.3 is 4.87 Å². The van der Waals surface area contributed by atoms with Gasteiger partial charge < -0.3 is 0 Å². The summed E-state index contributed by atoms with van der Waals surface area (Å²) in [5.74, 6) is 0. The molecular weight excluding hydrogens is 302 g/mol. The van der Waals surface area contributed by atoms with Gasteiger partial charge in [0.05, 0.1) is 22.4 Å². The fourth-order valence-electron chi connectivity index (χ4n) is 1.74. The van der Waals surface area contributed by atoms with Crippen LogP contribution in [-0.4, -0.2) is 14.3 Å². The van der Waals surface area contributed by atoms with Crippen LogP contribution in [-0.2, 0) is 20.0 Å². The highest BCUT2D eigenvalue weighted by molar-refractivity contribution is 9.10. The summed E-state index contributed by atoms with van der Waals surface area (Å²) in [5, 5.41) is 6.31. The van der Waals surface area contributed by atoms with E-state index in [0.717, 1.165) is 28.0 Å². The number of hydrogen-bond donors (Lipinski definition) is 0. The molecule has 0 amide bonds. The maximum absolute atomic E-state index is 11.7. The lowest BCUT2D eigenvalue weighted by atomic mass is 10.3. The molecule has 0 radical (unpaired) electrons. The minimum atomic E-state index is 0.0775. The van der Waals surface area contributed by atoms with Crippen LogP contribution in [0.25, 0.3) is 0 Å². The molecule has 17 heavy (non-hydrogen) atoms. The van der Waals surface area contributed by atoms with Crippen LogP contribution in [0, 0.1) is 6.92 Å². The molecule has 6 heteroatoms. The van der Waals surface area contributed by atoms with Crippen molar-refractivity contribution in [3.8, 4) is 0 Å². The molecule has 0 aromatic carbocycles. The van der Waals surface area contributed by atoms with Crippen molar-refractivity contribution in [2.24, 2.45) is 7.05 Å². The Morgan fingerprint density at radius 1 is 1.53 bits per heavy atom. The summed E-state index contributed by atoms with van der Waals surface area (Å²) in [6, 6.07) is 0. The molecule has 0 aliphatic carbocycles. The van der Waals surface area contributed by atoms with Crippen LogP contribution in [0.15, 0.2) is 14.6 Å². The molecule has 92 valence electrons. The zero-order valence-electron chi connectivity index (χ0n) is 10.0. The summed E-state index contributed by atoms with van der Waals surface area (Å²) in [5.41, 5.74) is 3.06. The van der Waals surface area contributed by atoms with E-state index in [0.29, 0.717) is 6.54 Å². The van der Waals surface area contributed by atoms with E-state index < -0.39 is 0 Å². The monoisotopic (exact) mass is 315 g/mol. The zero-order valence-corrected chi connectivity index (χ0v) is 12.4. The van der Waals surface area contributed by atoms with Crippen molar-refractivity contribution in [3.63, 3.8) is 0 Å². The Morgan fingerprint density at radius 2 is 2.24 bits per heavy atom. The molecule has 0 aliphatic rings. The van der Waals surface area contributed by atoms with Crippen LogP contribution in [0.4, 0.5) is 0 Å². The average molecular weight is 316 g/mol. The first-order chi connectivity index (χ1) is 8.04. The maximum Gasteiger partial charge on any atom is 0.307 e. The minimum absolute atomic E-state index is 0.0775. The van der Waals surface area contributed by atoms with E-state index in [1.807, 2.05) is 24.0 Å². The maximum atomic E-state index is 11.7. The molecule has 0 aliphatic heterocycles. The fraction of sp³-hybridized carbons (Fsp3) is 0.455. The topological polar surface area (TPSA) is 39.8 Å². The van der Waals surface area contributed by atoms with Gasteiger partial charge in [0.2, 0.25) is 0 Å². The second-order valence-corrected chi connectivity index (χ2v) is 5.53. The zero-order chi connectivity index (χ0) is 12.6. The summed E-state index contributed by atoms with van der Waals surface area (Å²) in [7, 11) is 1.91. The molecular formula is C11H14BrN3OS. The van der Waals surface area contributed by atoms with Crippen LogP contribution in [0.2, 0.25) is 0 Å². The van der Waals surface area contributed by atoms with Crippen molar-refractivity contribution in [1.82, 2.24) is 14.3 Å². The van der Waals surface area contributed by atoms with Gasteiger partial charge in [-0.15, -0.1) is 0 Å². The van der Waals surface area contributed by atoms with Crippen molar-refractivity contribution in [2.45, 2.75) is 26.8 Å². The molecule has 4 nitrogen and oxygen atoms in total. The third-order valence-electron chi connectivity index (χ3n) is 2.79. The number of hydrogen-bond acceptors (Lipinski definition) is 3. The number of halogens is 1. The van der Waals surface area contributed by atoms with E-state index >= 15 is 0 Å². The summed E-state index contributed by atoms with van der Waals surface area (Å²) in [6.07, 6.45) is 0.881. The highest BCUT2D eigenvalue weighted by Gasteiger charge is 2.14. The molecule has 0 saturated heterocycles. The van der Waals surface area contributed by atoms with Crippen LogP contribution >= 0.6 is 27.3 Å². The fourth-order valence-corrected chi connectivity index (χ4v) is 3.21. The quantitative estimate of drug-likeness (QED) is 0.872. The minimum Gasteiger partial charge on any atom is -0.297 e. The van der Waals surface area contributed by atoms with E-state index in [2.05, 4.69) is 28.0 Å². The molecule has 0 bridgehead atoms. The second kappa shape index (κ2) is 4.78. The first kappa shape index (κ1) is 12.6. The lowest BCUT2D eigenvalue weighted by molar-refractivity contribution is 0.646. The second-order valence-electron chi connectivity index (χ2n) is 3.91. The molecule has 0 spiro atoms. The lowest BCUT2D eigenvalue weighted by Gasteiger charge is -2.05. The molecule has 0 fully saturated rings. The first-order valence-electron chi connectivity index (χ1n) is 5.39. The van der Waals surface area contributed by atoms with Crippen molar-refractivity contribution in [2.75, 3.05) is 0 Å². The normalized spacial score (nSPS) is 11.1. The van der Waals surface area contributed by atoms with Gasteiger partial charge in [0.15, 0.2) is 0 Å². The molecule has 2 aromatic heterocycles. The summed E-state index contributed by atoms with van der Waals surface area (Å²) in [4.78, 5) is 11.8. The third-order valence-corrected chi connectivity index (χ3v) is 4.58. The Labute approximate surface area is 112 Å². The van der Waals surface area contributed by atoms with Gasteiger partial charge in [-0.1, -0.05) is 18.3 Å². The molecule has 0 N–H and O–H groups in total. The average Bonchev–Trinajstić information content (AvgIpc) is 2.75. The molecule has 0 unspecified atom stereocenters. The Kier molecular flexibility index (Phi) is 3.53. The number of rotatable bonds is 3. The number of nitrogens with zero attached hydrogens (tertiary/aromatic N) is 3. The Balaban J connectivity index is 2.43. The van der Waals surface area contributed by atoms with E-state index in [1.54, 1.807) is 4.57 Å². The molecule has 2 heterocycles. The van der Waals surface area contributed by atoms with Gasteiger partial charge in [-0.3, -0.25) is 14.0 Å². The van der Waals surface area contributed by atoms with Gasteiger partial charge in [0.25, 0.3) is 0 Å². The van der Waals surface area contributed by atoms with E-state index in [1.165, 1.54) is 11.3 Å². The molecule has 0 saturated carbocycles. The number of aromatic nitrogens is 3. The Morgan fingerprint density at radius 3 is 2.71 bits per heavy atom. The third kappa shape index (κ3) is 2.24. The van der Waals surface area contributed by atoms with Crippen molar-refractivity contribution in [3.05, 3.63) is 36.6 Å². The van der Waals surface area contributed by atoms with Crippen molar-refractivity contribution < 1.29 is 0 Å². The van der Waals surface area contributed by atoms with Crippen LogP contribution < -0.4 is 4.87 Å². The molecule has 2 aromatic rings. The van der Waals surface area contributed by atoms with Gasteiger partial charge in [-0.05, 0) is 29.3 Å². The van der Waals surface area contributed by atoms with Gasteiger partial charge in [0.1, 0.15) is 0 Å². The first-order valence-corrected chi connectivity index (χ1v) is 7.07. The predicted molar refractivity (Wildman–Crippen MR) is 72.7 cm³/mol. The predicted octanol–water partition coefficient (Wildman–Crippen LogP) is 2.32. The summed E-state index contributed by atoms with van der Waals surface area (Å²) in [6.45, 7) is 4.58. The smallest absolute Gasteiger partial charge is 0.297 e. The highest BCUT2D eigenvalue weighted by atomic mass is 79.9. The summed E-state index contributed by atoms with van der Waals surface area (Å²) < 4.78 is 4.62. The molecule has 0 atom stereocenters. The van der Waals surface area contributed by atoms with E-state index in [-0.39, 0.29) is 4.87 Å². The van der Waals surface area contributed by atoms with Crippen LogP contribution in [0.3, 0.4) is 0 Å². The number of aryl methyl sites for hydroxylation is 3. The summed E-state index contributed by atoms with van der Waals surface area (Å²) >= 11 is 4.80. The van der Waals surface area contributed by atoms with Gasteiger partial charge in [-0.2, -0.15) is 5.10 Å².